The molecule has 2 rings (SSSR count). The van der Waals surface area contributed by atoms with Crippen LogP contribution in [0.5, 0.6) is 0 Å². The number of anilines is 1. The molecule has 7 nitrogen and oxygen atoms in total. The first-order valence-electron chi connectivity index (χ1n) is 9.37. The van der Waals surface area contributed by atoms with Crippen LogP contribution >= 0.6 is 0 Å². The van der Waals surface area contributed by atoms with E-state index in [4.69, 9.17) is 0 Å². The van der Waals surface area contributed by atoms with Crippen molar-refractivity contribution in [3.8, 4) is 6.19 Å². The third-order valence-electron chi connectivity index (χ3n) is 5.90. The van der Waals surface area contributed by atoms with Crippen molar-refractivity contribution in [1.82, 2.24) is 10.0 Å². The van der Waals surface area contributed by atoms with Gasteiger partial charge in [-0.2, -0.15) is 10.3 Å². The van der Waals surface area contributed by atoms with Crippen LogP contribution in [-0.4, -0.2) is 64.0 Å². The van der Waals surface area contributed by atoms with E-state index in [1.54, 1.807) is 12.4 Å². The molecule has 1 saturated heterocycles. The predicted molar refractivity (Wildman–Crippen MR) is 107 cm³/mol. The summed E-state index contributed by atoms with van der Waals surface area (Å²) in [5.74, 6) is 0.675. The summed E-state index contributed by atoms with van der Waals surface area (Å²) in [5, 5.41) is 21.6. The Labute approximate surface area is 163 Å². The van der Waals surface area contributed by atoms with E-state index in [1.807, 2.05) is 30.3 Å². The fraction of sp³-hybridized carbons (Fsp3) is 0.650. The maximum absolute atomic E-state index is 10.8. The lowest BCUT2D eigenvalue weighted by atomic mass is 9.93. The predicted octanol–water partition coefficient (Wildman–Crippen LogP) is 3.23. The highest BCUT2D eigenvalue weighted by molar-refractivity contribution is 5.91. The number of aliphatic imine (C=N–C) groups is 1. The summed E-state index contributed by atoms with van der Waals surface area (Å²) in [6, 6.07) is 4.01. The van der Waals surface area contributed by atoms with Crippen LogP contribution in [0.3, 0.4) is 0 Å². The van der Waals surface area contributed by atoms with Gasteiger partial charge in [-0.3, -0.25) is 14.4 Å². The molecule has 1 aliphatic heterocycles. The summed E-state index contributed by atoms with van der Waals surface area (Å²) in [4.78, 5) is 10.2. The third-order valence-corrected chi connectivity index (χ3v) is 5.90. The van der Waals surface area contributed by atoms with E-state index in [0.717, 1.165) is 24.9 Å². The van der Waals surface area contributed by atoms with E-state index in [2.05, 4.69) is 51.8 Å². The van der Waals surface area contributed by atoms with Crippen LogP contribution in [0.2, 0.25) is 0 Å². The SMILES string of the molecule is CN(C(=NC#N)[N+](C)(C)C1CCC(C)(C)N(O)C(C)(C)C1)c1ccncc1. The van der Waals surface area contributed by atoms with Crippen molar-refractivity contribution in [3.05, 3.63) is 24.5 Å². The van der Waals surface area contributed by atoms with Gasteiger partial charge in [-0.1, -0.05) is 0 Å². The van der Waals surface area contributed by atoms with Gasteiger partial charge in [0.25, 0.3) is 0 Å². The van der Waals surface area contributed by atoms with Crippen LogP contribution in [0.15, 0.2) is 29.5 Å². The van der Waals surface area contributed by atoms with Gasteiger partial charge in [-0.25, -0.2) is 0 Å². The van der Waals surface area contributed by atoms with Crippen molar-refractivity contribution in [2.45, 2.75) is 64.1 Å². The van der Waals surface area contributed by atoms with Gasteiger partial charge in [0, 0.05) is 43.4 Å². The lowest BCUT2D eigenvalue weighted by molar-refractivity contribution is -0.830. The molecule has 1 aliphatic rings. The number of hydroxylamine groups is 2. The Morgan fingerprint density at radius 3 is 2.44 bits per heavy atom. The molecule has 1 atom stereocenters. The first kappa shape index (κ1) is 21.3. The topological polar surface area (TPSA) is 75.8 Å². The van der Waals surface area contributed by atoms with Gasteiger partial charge in [-0.15, -0.1) is 4.99 Å². The molecule has 7 heteroatoms. The van der Waals surface area contributed by atoms with Crippen molar-refractivity contribution in [3.63, 3.8) is 0 Å². The second-order valence-corrected chi connectivity index (χ2v) is 9.15. The minimum atomic E-state index is -0.382. The van der Waals surface area contributed by atoms with E-state index >= 15 is 0 Å². The molecular weight excluding hydrogens is 340 g/mol. The smallest absolute Gasteiger partial charge is 0.313 e. The monoisotopic (exact) mass is 373 g/mol. The molecule has 1 aromatic heterocycles. The standard InChI is InChI=1S/C20H33N6O/c1-19(2)11-8-17(14-20(3,4)25(19)27)26(6,7)18(23-15-21)24(5)16-9-12-22-13-10-16/h9-10,12-13,17,27H,8,11,14H2,1-7H3/q+1. The van der Waals surface area contributed by atoms with Gasteiger partial charge < -0.3 is 5.21 Å². The molecular formula is C20H33N6O+. The van der Waals surface area contributed by atoms with Crippen molar-refractivity contribution in [1.29, 1.82) is 5.26 Å². The summed E-state index contributed by atoms with van der Waals surface area (Å²) in [5.41, 5.74) is 0.247. The highest BCUT2D eigenvalue weighted by atomic mass is 16.5. The molecule has 1 unspecified atom stereocenters. The molecule has 0 radical (unpaired) electrons. The largest absolute Gasteiger partial charge is 0.319 e. The highest BCUT2D eigenvalue weighted by Gasteiger charge is 2.48. The highest BCUT2D eigenvalue weighted by Crippen LogP contribution is 2.38. The van der Waals surface area contributed by atoms with Crippen molar-refractivity contribution < 1.29 is 9.69 Å². The number of quaternary nitrogens is 1. The Hall–Kier alpha value is -2.01. The fourth-order valence-corrected chi connectivity index (χ4v) is 4.24. The number of rotatable bonds is 2. The van der Waals surface area contributed by atoms with Crippen LogP contribution in [0.25, 0.3) is 0 Å². The second-order valence-electron chi connectivity index (χ2n) is 9.15. The molecule has 148 valence electrons. The van der Waals surface area contributed by atoms with Crippen molar-refractivity contribution in [2.75, 3.05) is 26.0 Å². The van der Waals surface area contributed by atoms with E-state index in [1.165, 1.54) is 5.06 Å². The van der Waals surface area contributed by atoms with Crippen LogP contribution < -0.4 is 4.90 Å². The number of hydrogen-bond acceptors (Lipinski definition) is 5. The zero-order valence-corrected chi connectivity index (χ0v) is 17.6. The minimum Gasteiger partial charge on any atom is -0.313 e. The Kier molecular flexibility index (Phi) is 5.95. The van der Waals surface area contributed by atoms with Crippen LogP contribution in [-0.2, 0) is 0 Å². The quantitative estimate of drug-likeness (QED) is 0.373. The molecule has 1 N–H and O–H groups in total. The van der Waals surface area contributed by atoms with Gasteiger partial charge in [0.1, 0.15) is 0 Å². The molecule has 1 aromatic rings. The molecule has 0 aromatic carbocycles. The molecule has 27 heavy (non-hydrogen) atoms. The summed E-state index contributed by atoms with van der Waals surface area (Å²) >= 11 is 0. The number of hydrogen-bond donors (Lipinski definition) is 1. The van der Waals surface area contributed by atoms with Crippen LogP contribution in [0.4, 0.5) is 5.69 Å². The van der Waals surface area contributed by atoms with Gasteiger partial charge in [-0.05, 0) is 46.2 Å². The maximum atomic E-state index is 10.8. The number of aromatic nitrogens is 1. The second kappa shape index (κ2) is 7.55. The van der Waals surface area contributed by atoms with Crippen LogP contribution in [0.1, 0.15) is 47.0 Å². The molecule has 0 amide bonds. The Morgan fingerprint density at radius 2 is 1.89 bits per heavy atom. The molecule has 0 bridgehead atoms. The van der Waals surface area contributed by atoms with Gasteiger partial charge >= 0.3 is 5.96 Å². The van der Waals surface area contributed by atoms with E-state index in [0.29, 0.717) is 10.4 Å². The zero-order valence-electron chi connectivity index (χ0n) is 17.6. The first-order valence-corrected chi connectivity index (χ1v) is 9.37. The molecule has 1 fully saturated rings. The fourth-order valence-electron chi connectivity index (χ4n) is 4.24. The Balaban J connectivity index is 2.41. The number of pyridine rings is 1. The van der Waals surface area contributed by atoms with Gasteiger partial charge in [0.05, 0.1) is 25.8 Å². The van der Waals surface area contributed by atoms with Gasteiger partial charge in [0.2, 0.25) is 6.19 Å². The summed E-state index contributed by atoms with van der Waals surface area (Å²) in [6.45, 7) is 8.29. The summed E-state index contributed by atoms with van der Waals surface area (Å²) in [6.07, 6.45) is 8.02. The minimum absolute atomic E-state index is 0.202. The Bertz CT molecular complexity index is 720. The zero-order chi connectivity index (χ0) is 20.5. The molecule has 2 heterocycles. The van der Waals surface area contributed by atoms with Crippen molar-refractivity contribution >= 4 is 11.6 Å². The Morgan fingerprint density at radius 1 is 1.30 bits per heavy atom. The molecule has 0 spiro atoms. The molecule has 0 saturated carbocycles. The average molecular weight is 374 g/mol. The summed E-state index contributed by atoms with van der Waals surface area (Å²) < 4.78 is 0.458. The number of nitriles is 1. The maximum Gasteiger partial charge on any atom is 0.319 e. The number of nitrogens with zero attached hydrogens (tertiary/aromatic N) is 6. The van der Waals surface area contributed by atoms with E-state index in [-0.39, 0.29) is 17.1 Å². The average Bonchev–Trinajstić information content (AvgIpc) is 2.69. The van der Waals surface area contributed by atoms with E-state index in [9.17, 15) is 10.5 Å². The van der Waals surface area contributed by atoms with Crippen molar-refractivity contribution in [2.24, 2.45) is 4.99 Å². The third kappa shape index (κ3) is 4.29. The normalized spacial score (nSPS) is 23.4. The lowest BCUT2D eigenvalue weighted by Gasteiger charge is -2.44. The number of guanidine groups is 1. The van der Waals surface area contributed by atoms with Gasteiger partial charge in [0.15, 0.2) is 0 Å². The molecule has 0 aliphatic carbocycles. The first-order chi connectivity index (χ1) is 12.4. The summed E-state index contributed by atoms with van der Waals surface area (Å²) in [7, 11) is 6.11. The van der Waals surface area contributed by atoms with Crippen LogP contribution in [0, 0.1) is 11.5 Å². The van der Waals surface area contributed by atoms with E-state index < -0.39 is 0 Å². The lowest BCUT2D eigenvalue weighted by Crippen LogP contribution is -2.60.